The summed E-state index contributed by atoms with van der Waals surface area (Å²) >= 11 is 5.85. The third kappa shape index (κ3) is 9.10. The Hall–Kier alpha value is -3.43. The molecule has 1 saturated heterocycles. The Morgan fingerprint density at radius 3 is 2.39 bits per heavy atom. The highest BCUT2D eigenvalue weighted by molar-refractivity contribution is 6.30. The van der Waals surface area contributed by atoms with Crippen molar-refractivity contribution < 1.29 is 23.4 Å². The van der Waals surface area contributed by atoms with Crippen molar-refractivity contribution in [3.8, 4) is 16.9 Å². The van der Waals surface area contributed by atoms with Crippen LogP contribution < -0.4 is 14.5 Å². The topological polar surface area (TPSA) is 77.0 Å². The van der Waals surface area contributed by atoms with Gasteiger partial charge in [-0.05, 0) is 90.1 Å². The number of hydrogen-bond donors (Lipinski definition) is 0. The minimum Gasteiger partial charge on any atom is -0.489 e. The van der Waals surface area contributed by atoms with Crippen LogP contribution in [0.3, 0.4) is 0 Å². The standard InChI is InChI=1S/C36H48ClFN4O4/c1-23(2)45-34(43)33(46-35(4,5)6)31-24(3)39-22-27(32(31)42-16-14-36(7,8)15-17-42)25-10-13-30(40-21-25)41(9)18-19-44-29-12-11-26(37)20-28(29)38/h10-13,20-23,33H,14-19H2,1-9H3/t33-/m0/s1. The second-order valence-corrected chi connectivity index (χ2v) is 14.5. The van der Waals surface area contributed by atoms with E-state index in [0.29, 0.717) is 11.6 Å². The summed E-state index contributed by atoms with van der Waals surface area (Å²) < 4.78 is 31.9. The minimum absolute atomic E-state index is 0.156. The van der Waals surface area contributed by atoms with E-state index in [-0.39, 0.29) is 23.9 Å². The lowest BCUT2D eigenvalue weighted by Gasteiger charge is -2.41. The first-order valence-electron chi connectivity index (χ1n) is 15.9. The summed E-state index contributed by atoms with van der Waals surface area (Å²) in [5.74, 6) is -0.0332. The van der Waals surface area contributed by atoms with E-state index in [1.165, 1.54) is 12.1 Å². The molecular weight excluding hydrogens is 607 g/mol. The van der Waals surface area contributed by atoms with Gasteiger partial charge < -0.3 is 24.0 Å². The van der Waals surface area contributed by atoms with Gasteiger partial charge in [0.05, 0.1) is 23.9 Å². The quantitative estimate of drug-likeness (QED) is 0.192. The van der Waals surface area contributed by atoms with Gasteiger partial charge in [0.25, 0.3) is 0 Å². The molecule has 3 heterocycles. The Kier molecular flexibility index (Phi) is 11.2. The van der Waals surface area contributed by atoms with Gasteiger partial charge in [-0.25, -0.2) is 14.2 Å². The highest BCUT2D eigenvalue weighted by Gasteiger charge is 2.37. The van der Waals surface area contributed by atoms with Crippen LogP contribution in [-0.4, -0.2) is 60.9 Å². The van der Waals surface area contributed by atoms with Gasteiger partial charge in [0.2, 0.25) is 0 Å². The number of ether oxygens (including phenoxy) is 3. The Balaban J connectivity index is 1.68. The number of aromatic nitrogens is 2. The first kappa shape index (κ1) is 35.4. The van der Waals surface area contributed by atoms with Crippen LogP contribution in [0.25, 0.3) is 11.1 Å². The van der Waals surface area contributed by atoms with Gasteiger partial charge in [0, 0.05) is 59.9 Å². The molecule has 4 rings (SSSR count). The van der Waals surface area contributed by atoms with Crippen LogP contribution in [0.5, 0.6) is 5.75 Å². The minimum atomic E-state index is -0.955. The van der Waals surface area contributed by atoms with Crippen LogP contribution in [0.4, 0.5) is 15.9 Å². The first-order chi connectivity index (χ1) is 21.5. The number of aryl methyl sites for hydroxylation is 1. The maximum atomic E-state index is 14.1. The van der Waals surface area contributed by atoms with Crippen molar-refractivity contribution in [3.05, 3.63) is 64.8 Å². The first-order valence-corrected chi connectivity index (χ1v) is 16.3. The van der Waals surface area contributed by atoms with E-state index in [4.69, 9.17) is 35.8 Å². The predicted molar refractivity (Wildman–Crippen MR) is 182 cm³/mol. The van der Waals surface area contributed by atoms with Gasteiger partial charge >= 0.3 is 5.97 Å². The zero-order valence-corrected chi connectivity index (χ0v) is 29.4. The van der Waals surface area contributed by atoms with Crippen molar-refractivity contribution in [2.75, 3.05) is 43.1 Å². The molecule has 0 bridgehead atoms. The van der Waals surface area contributed by atoms with E-state index < -0.39 is 23.5 Å². The smallest absolute Gasteiger partial charge is 0.340 e. The van der Waals surface area contributed by atoms with Crippen LogP contribution >= 0.6 is 11.6 Å². The van der Waals surface area contributed by atoms with Crippen molar-refractivity contribution in [1.29, 1.82) is 0 Å². The number of carbonyl (C=O) groups excluding carboxylic acids is 1. The molecule has 0 radical (unpaired) electrons. The normalized spacial score (nSPS) is 15.5. The Morgan fingerprint density at radius 2 is 1.80 bits per heavy atom. The molecule has 8 nitrogen and oxygen atoms in total. The van der Waals surface area contributed by atoms with Crippen molar-refractivity contribution in [1.82, 2.24) is 9.97 Å². The molecule has 46 heavy (non-hydrogen) atoms. The maximum absolute atomic E-state index is 14.1. The average Bonchev–Trinajstić information content (AvgIpc) is 2.96. The summed E-state index contributed by atoms with van der Waals surface area (Å²) in [4.78, 5) is 27.5. The number of benzene rings is 1. The van der Waals surface area contributed by atoms with Gasteiger partial charge in [0.15, 0.2) is 17.7 Å². The van der Waals surface area contributed by atoms with E-state index in [0.717, 1.165) is 59.8 Å². The van der Waals surface area contributed by atoms with E-state index in [1.54, 1.807) is 6.07 Å². The van der Waals surface area contributed by atoms with Gasteiger partial charge in [-0.1, -0.05) is 25.4 Å². The Labute approximate surface area is 278 Å². The number of rotatable bonds is 11. The second kappa shape index (κ2) is 14.6. The number of pyridine rings is 2. The summed E-state index contributed by atoms with van der Waals surface area (Å²) in [7, 11) is 1.91. The number of nitrogens with zero attached hydrogens (tertiary/aromatic N) is 4. The molecule has 0 spiro atoms. The van der Waals surface area contributed by atoms with Crippen molar-refractivity contribution >= 4 is 29.1 Å². The molecule has 10 heteroatoms. The molecule has 1 atom stereocenters. The molecular formula is C36H48ClFN4O4. The average molecular weight is 655 g/mol. The summed E-state index contributed by atoms with van der Waals surface area (Å²) in [6.07, 6.45) is 4.47. The lowest BCUT2D eigenvalue weighted by Crippen LogP contribution is -2.39. The van der Waals surface area contributed by atoms with E-state index in [9.17, 15) is 9.18 Å². The second-order valence-electron chi connectivity index (χ2n) is 14.0. The summed E-state index contributed by atoms with van der Waals surface area (Å²) in [6.45, 7) is 18.4. The Morgan fingerprint density at radius 1 is 1.11 bits per heavy atom. The molecule has 3 aromatic rings. The largest absolute Gasteiger partial charge is 0.489 e. The fourth-order valence-corrected chi connectivity index (χ4v) is 5.61. The van der Waals surface area contributed by atoms with Crippen molar-refractivity contribution in [3.63, 3.8) is 0 Å². The van der Waals surface area contributed by atoms with Gasteiger partial charge in [-0.2, -0.15) is 0 Å². The molecule has 0 unspecified atom stereocenters. The molecule has 0 aliphatic carbocycles. The fraction of sp³-hybridized carbons (Fsp3) is 0.528. The summed E-state index contributed by atoms with van der Waals surface area (Å²) in [5, 5.41) is 0.321. The zero-order chi connectivity index (χ0) is 33.8. The highest BCUT2D eigenvalue weighted by Crippen LogP contribution is 2.43. The number of halogens is 2. The van der Waals surface area contributed by atoms with Crippen LogP contribution in [0.2, 0.25) is 5.02 Å². The van der Waals surface area contributed by atoms with Crippen LogP contribution in [-0.2, 0) is 14.3 Å². The number of likely N-dealkylation sites (N-methyl/N-ethyl adjacent to an activating group) is 1. The molecule has 2 aromatic heterocycles. The monoisotopic (exact) mass is 654 g/mol. The summed E-state index contributed by atoms with van der Waals surface area (Å²) in [6, 6.07) is 8.30. The van der Waals surface area contributed by atoms with Gasteiger partial charge in [-0.15, -0.1) is 0 Å². The van der Waals surface area contributed by atoms with Crippen LogP contribution in [0.15, 0.2) is 42.7 Å². The van der Waals surface area contributed by atoms with Crippen LogP contribution in [0, 0.1) is 18.2 Å². The molecule has 0 saturated carbocycles. The zero-order valence-electron chi connectivity index (χ0n) is 28.6. The van der Waals surface area contributed by atoms with E-state index in [1.807, 2.05) is 78.0 Å². The number of hydrogen-bond acceptors (Lipinski definition) is 8. The molecule has 250 valence electrons. The molecule has 1 aliphatic heterocycles. The summed E-state index contributed by atoms with van der Waals surface area (Å²) in [5.41, 5.74) is 3.75. The highest BCUT2D eigenvalue weighted by atomic mass is 35.5. The SMILES string of the molecule is Cc1ncc(-c2ccc(N(C)CCOc3ccc(Cl)cc3F)nc2)c(N2CCC(C)(C)CC2)c1[C@H](OC(C)(C)C)C(=O)OC(C)C. The van der Waals surface area contributed by atoms with Gasteiger partial charge in [0.1, 0.15) is 12.4 Å². The van der Waals surface area contributed by atoms with E-state index in [2.05, 4.69) is 18.7 Å². The number of esters is 1. The lowest BCUT2D eigenvalue weighted by molar-refractivity contribution is -0.171. The number of carbonyl (C=O) groups is 1. The Bertz CT molecular complexity index is 1500. The third-order valence-electron chi connectivity index (χ3n) is 8.05. The van der Waals surface area contributed by atoms with E-state index >= 15 is 0 Å². The number of anilines is 2. The maximum Gasteiger partial charge on any atom is 0.340 e. The molecule has 0 amide bonds. The third-order valence-corrected chi connectivity index (χ3v) is 8.28. The molecule has 1 aromatic carbocycles. The predicted octanol–water partition coefficient (Wildman–Crippen LogP) is 8.19. The molecule has 0 N–H and O–H groups in total. The van der Waals surface area contributed by atoms with Crippen molar-refractivity contribution in [2.45, 2.75) is 86.0 Å². The number of piperidine rings is 1. The van der Waals surface area contributed by atoms with Crippen LogP contribution in [0.1, 0.15) is 78.7 Å². The molecule has 1 fully saturated rings. The fourth-order valence-electron chi connectivity index (χ4n) is 5.45. The lowest BCUT2D eigenvalue weighted by atomic mass is 9.82. The van der Waals surface area contributed by atoms with Crippen molar-refractivity contribution in [2.24, 2.45) is 5.41 Å². The molecule has 1 aliphatic rings. The van der Waals surface area contributed by atoms with Gasteiger partial charge in [-0.3, -0.25) is 4.98 Å².